The average Bonchev–Trinajstić information content (AvgIpc) is 2.35. The first-order chi connectivity index (χ1) is 9.00. The van der Waals surface area contributed by atoms with Crippen molar-refractivity contribution in [2.24, 2.45) is 0 Å². The quantitative estimate of drug-likeness (QED) is 0.865. The number of ether oxygens (including phenoxy) is 1. The summed E-state index contributed by atoms with van der Waals surface area (Å²) in [6.45, 7) is 0.539. The maximum absolute atomic E-state index is 11.5. The highest BCUT2D eigenvalue weighted by Gasteiger charge is 2.24. The second kappa shape index (κ2) is 5.79. The molecule has 0 radical (unpaired) electrons. The molecule has 106 valence electrons. The van der Waals surface area contributed by atoms with Crippen LogP contribution in [0.5, 0.6) is 11.5 Å². The van der Waals surface area contributed by atoms with Gasteiger partial charge < -0.3 is 15.2 Å². The van der Waals surface area contributed by atoms with Gasteiger partial charge in [-0.3, -0.25) is 0 Å². The van der Waals surface area contributed by atoms with Gasteiger partial charge in [-0.2, -0.15) is 0 Å². The summed E-state index contributed by atoms with van der Waals surface area (Å²) < 4.78 is 28.0. The van der Waals surface area contributed by atoms with E-state index >= 15 is 0 Å². The van der Waals surface area contributed by atoms with E-state index in [0.717, 1.165) is 12.0 Å². The molecule has 0 bridgehead atoms. The Balaban J connectivity index is 1.93. The fourth-order valence-electron chi connectivity index (χ4n) is 2.29. The first-order valence-electron chi connectivity index (χ1n) is 6.30. The lowest BCUT2D eigenvalue weighted by molar-refractivity contribution is 0.372. The molecule has 1 aliphatic heterocycles. The minimum Gasteiger partial charge on any atom is -0.504 e. The Morgan fingerprint density at radius 3 is 2.89 bits per heavy atom. The van der Waals surface area contributed by atoms with Gasteiger partial charge in [0.05, 0.1) is 18.6 Å². The molecule has 0 aliphatic carbocycles. The van der Waals surface area contributed by atoms with Crippen molar-refractivity contribution in [2.75, 3.05) is 18.6 Å². The van der Waals surface area contributed by atoms with Crippen molar-refractivity contribution >= 4 is 9.84 Å². The predicted molar refractivity (Wildman–Crippen MR) is 73.2 cm³/mol. The van der Waals surface area contributed by atoms with Crippen LogP contribution in [0.4, 0.5) is 0 Å². The summed E-state index contributed by atoms with van der Waals surface area (Å²) in [5.41, 5.74) is 0.904. The SMILES string of the molecule is COc1ccc(CNC2CCCS(=O)(=O)C2)cc1O. The third-order valence-electron chi connectivity index (χ3n) is 3.30. The molecule has 1 atom stereocenters. The molecule has 1 unspecified atom stereocenters. The van der Waals surface area contributed by atoms with Crippen molar-refractivity contribution in [3.8, 4) is 11.5 Å². The summed E-state index contributed by atoms with van der Waals surface area (Å²) in [4.78, 5) is 0. The molecule has 6 heteroatoms. The lowest BCUT2D eigenvalue weighted by atomic mass is 10.1. The Morgan fingerprint density at radius 2 is 2.26 bits per heavy atom. The Morgan fingerprint density at radius 1 is 1.47 bits per heavy atom. The highest BCUT2D eigenvalue weighted by Crippen LogP contribution is 2.26. The van der Waals surface area contributed by atoms with Crippen LogP contribution >= 0.6 is 0 Å². The standard InChI is InChI=1S/C13H19NO4S/c1-18-13-5-4-10(7-12(13)15)8-14-11-3-2-6-19(16,17)9-11/h4-5,7,11,14-15H,2-3,6,8-9H2,1H3. The van der Waals surface area contributed by atoms with E-state index in [2.05, 4.69) is 5.32 Å². The Hall–Kier alpha value is -1.27. The first kappa shape index (κ1) is 14.1. The van der Waals surface area contributed by atoms with Crippen molar-refractivity contribution in [1.29, 1.82) is 0 Å². The van der Waals surface area contributed by atoms with E-state index in [4.69, 9.17) is 4.74 Å². The number of hydrogen-bond donors (Lipinski definition) is 2. The zero-order valence-electron chi connectivity index (χ0n) is 10.9. The summed E-state index contributed by atoms with van der Waals surface area (Å²) in [6, 6.07) is 5.18. The molecule has 2 N–H and O–H groups in total. The van der Waals surface area contributed by atoms with Crippen molar-refractivity contribution in [3.63, 3.8) is 0 Å². The number of phenols is 1. The number of methoxy groups -OCH3 is 1. The van der Waals surface area contributed by atoms with E-state index < -0.39 is 9.84 Å². The van der Waals surface area contributed by atoms with E-state index in [1.165, 1.54) is 7.11 Å². The van der Waals surface area contributed by atoms with Crippen molar-refractivity contribution in [3.05, 3.63) is 23.8 Å². The van der Waals surface area contributed by atoms with E-state index in [1.54, 1.807) is 12.1 Å². The highest BCUT2D eigenvalue weighted by molar-refractivity contribution is 7.91. The Labute approximate surface area is 113 Å². The largest absolute Gasteiger partial charge is 0.504 e. The Bertz CT molecular complexity index is 542. The molecule has 5 nitrogen and oxygen atoms in total. The van der Waals surface area contributed by atoms with Gasteiger partial charge in [0.15, 0.2) is 21.3 Å². The van der Waals surface area contributed by atoms with Crippen LogP contribution < -0.4 is 10.1 Å². The van der Waals surface area contributed by atoms with E-state index in [9.17, 15) is 13.5 Å². The summed E-state index contributed by atoms with van der Waals surface area (Å²) in [6.07, 6.45) is 1.59. The lowest BCUT2D eigenvalue weighted by Gasteiger charge is -2.23. The summed E-state index contributed by atoms with van der Waals surface area (Å²) in [7, 11) is -1.39. The van der Waals surface area contributed by atoms with Gasteiger partial charge in [0.2, 0.25) is 0 Å². The van der Waals surface area contributed by atoms with E-state index in [1.807, 2.05) is 6.07 Å². The second-order valence-corrected chi connectivity index (χ2v) is 7.07. The first-order valence-corrected chi connectivity index (χ1v) is 8.12. The normalized spacial score (nSPS) is 22.1. The molecule has 1 aliphatic rings. The van der Waals surface area contributed by atoms with Crippen LogP contribution in [0.25, 0.3) is 0 Å². The molecule has 0 aromatic heterocycles. The molecule has 0 spiro atoms. The third kappa shape index (κ3) is 3.84. The van der Waals surface area contributed by atoms with Crippen molar-refractivity contribution in [1.82, 2.24) is 5.32 Å². The molecule has 19 heavy (non-hydrogen) atoms. The predicted octanol–water partition coefficient (Wildman–Crippen LogP) is 1.07. The smallest absolute Gasteiger partial charge is 0.160 e. The fourth-order valence-corrected chi connectivity index (χ4v) is 3.96. The molecular formula is C13H19NO4S. The zero-order chi connectivity index (χ0) is 13.9. The van der Waals surface area contributed by atoms with Gasteiger partial charge in [0.25, 0.3) is 0 Å². The molecule has 0 amide bonds. The molecule has 1 fully saturated rings. The van der Waals surface area contributed by atoms with Crippen LogP contribution in [0.3, 0.4) is 0 Å². The lowest BCUT2D eigenvalue weighted by Crippen LogP contribution is -2.39. The van der Waals surface area contributed by atoms with Gasteiger partial charge in [-0.25, -0.2) is 8.42 Å². The molecule has 1 saturated heterocycles. The molecule has 1 aromatic carbocycles. The Kier molecular flexibility index (Phi) is 4.31. The molecule has 1 aromatic rings. The number of hydrogen-bond acceptors (Lipinski definition) is 5. The number of benzene rings is 1. The van der Waals surface area contributed by atoms with E-state index in [-0.39, 0.29) is 17.5 Å². The van der Waals surface area contributed by atoms with Crippen LogP contribution in [0.1, 0.15) is 18.4 Å². The maximum Gasteiger partial charge on any atom is 0.160 e. The number of phenolic OH excluding ortho intramolecular Hbond substituents is 1. The van der Waals surface area contributed by atoms with Crippen LogP contribution in [-0.4, -0.2) is 38.2 Å². The fraction of sp³-hybridized carbons (Fsp3) is 0.538. The van der Waals surface area contributed by atoms with Gasteiger partial charge in [0.1, 0.15) is 0 Å². The monoisotopic (exact) mass is 285 g/mol. The molecule has 2 rings (SSSR count). The number of nitrogens with one attached hydrogen (secondary N) is 1. The van der Waals surface area contributed by atoms with Gasteiger partial charge in [-0.15, -0.1) is 0 Å². The summed E-state index contributed by atoms with van der Waals surface area (Å²) >= 11 is 0. The van der Waals surface area contributed by atoms with Gasteiger partial charge >= 0.3 is 0 Å². The van der Waals surface area contributed by atoms with Crippen LogP contribution in [0.15, 0.2) is 18.2 Å². The van der Waals surface area contributed by atoms with Gasteiger partial charge in [-0.1, -0.05) is 6.07 Å². The summed E-state index contributed by atoms with van der Waals surface area (Å²) in [5, 5.41) is 12.9. The maximum atomic E-state index is 11.5. The minimum atomic E-state index is -2.89. The average molecular weight is 285 g/mol. The van der Waals surface area contributed by atoms with Crippen LogP contribution in [-0.2, 0) is 16.4 Å². The van der Waals surface area contributed by atoms with Crippen LogP contribution in [0.2, 0.25) is 0 Å². The van der Waals surface area contributed by atoms with E-state index in [0.29, 0.717) is 24.5 Å². The second-order valence-electron chi connectivity index (χ2n) is 4.84. The number of sulfone groups is 1. The highest BCUT2D eigenvalue weighted by atomic mass is 32.2. The topological polar surface area (TPSA) is 75.6 Å². The van der Waals surface area contributed by atoms with Crippen LogP contribution in [0, 0.1) is 0 Å². The van der Waals surface area contributed by atoms with Crippen molar-refractivity contribution in [2.45, 2.75) is 25.4 Å². The van der Waals surface area contributed by atoms with Crippen molar-refractivity contribution < 1.29 is 18.3 Å². The molecule has 1 heterocycles. The number of rotatable bonds is 4. The molecular weight excluding hydrogens is 266 g/mol. The van der Waals surface area contributed by atoms with Gasteiger partial charge in [0, 0.05) is 12.6 Å². The third-order valence-corrected chi connectivity index (χ3v) is 5.12. The number of aromatic hydroxyl groups is 1. The molecule has 0 saturated carbocycles. The van der Waals surface area contributed by atoms with Gasteiger partial charge in [-0.05, 0) is 30.5 Å². The minimum absolute atomic E-state index is 0.00277. The summed E-state index contributed by atoms with van der Waals surface area (Å²) in [5.74, 6) is 1.03. The zero-order valence-corrected chi connectivity index (χ0v) is 11.7.